The first-order chi connectivity index (χ1) is 8.45. The molecule has 0 spiro atoms. The van der Waals surface area contributed by atoms with Gasteiger partial charge in [-0.2, -0.15) is 4.79 Å². The average Bonchev–Trinajstić information content (AvgIpc) is 2.30. The number of rotatable bonds is 9. The van der Waals surface area contributed by atoms with Crippen LogP contribution < -0.4 is 0 Å². The van der Waals surface area contributed by atoms with Gasteiger partial charge in [0.15, 0.2) is 0 Å². The number of aliphatic hydroxyl groups excluding tert-OH is 1. The topological polar surface area (TPSA) is 109 Å². The third-order valence-corrected chi connectivity index (χ3v) is 4.15. The van der Waals surface area contributed by atoms with Gasteiger partial charge in [0.1, 0.15) is 0 Å². The molecule has 0 amide bonds. The molecule has 1 unspecified atom stereocenters. The SMILES string of the molecule is CCOP(=O)(OCC)C(=[N+]=[N-])C(=O)CC(O)CC. The molecule has 8 heteroatoms. The van der Waals surface area contributed by atoms with Crippen molar-refractivity contribution < 1.29 is 28.3 Å². The Morgan fingerprint density at radius 1 is 1.33 bits per heavy atom. The zero-order chi connectivity index (χ0) is 14.2. The normalized spacial score (nSPS) is 12.9. The quantitative estimate of drug-likeness (QED) is 0.298. The van der Waals surface area contributed by atoms with Crippen molar-refractivity contribution in [1.82, 2.24) is 0 Å². The van der Waals surface area contributed by atoms with E-state index in [0.29, 0.717) is 6.42 Å². The van der Waals surface area contributed by atoms with Crippen molar-refractivity contribution in [3.05, 3.63) is 5.53 Å². The number of hydrogen-bond donors (Lipinski definition) is 1. The minimum atomic E-state index is -3.91. The largest absolute Gasteiger partial charge is 0.446 e. The van der Waals surface area contributed by atoms with Crippen molar-refractivity contribution in [3.8, 4) is 0 Å². The van der Waals surface area contributed by atoms with Gasteiger partial charge in [0.2, 0.25) is 0 Å². The maximum atomic E-state index is 12.2. The lowest BCUT2D eigenvalue weighted by molar-refractivity contribution is -0.118. The zero-order valence-corrected chi connectivity index (χ0v) is 11.7. The third-order valence-electron chi connectivity index (χ3n) is 2.09. The van der Waals surface area contributed by atoms with Crippen LogP contribution in [-0.4, -0.2) is 40.5 Å². The Balaban J connectivity index is 5.10. The molecule has 1 atom stereocenters. The number of carbonyl (C=O) groups is 1. The van der Waals surface area contributed by atoms with E-state index in [4.69, 9.17) is 14.6 Å². The third kappa shape index (κ3) is 4.80. The molecule has 1 N–H and O–H groups in total. The van der Waals surface area contributed by atoms with Gasteiger partial charge in [0.05, 0.1) is 19.3 Å². The van der Waals surface area contributed by atoms with Crippen LogP contribution in [0, 0.1) is 0 Å². The summed E-state index contributed by atoms with van der Waals surface area (Å²) in [4.78, 5) is 14.5. The first-order valence-electron chi connectivity index (χ1n) is 5.78. The van der Waals surface area contributed by atoms with Crippen molar-refractivity contribution in [3.63, 3.8) is 0 Å². The predicted octanol–water partition coefficient (Wildman–Crippen LogP) is 1.61. The Morgan fingerprint density at radius 2 is 1.83 bits per heavy atom. The molecule has 0 aliphatic carbocycles. The van der Waals surface area contributed by atoms with Crippen LogP contribution in [0.1, 0.15) is 33.6 Å². The Hall–Kier alpha value is -0.840. The number of hydrogen-bond acceptors (Lipinski definition) is 5. The van der Waals surface area contributed by atoms with E-state index >= 15 is 0 Å². The monoisotopic (exact) mass is 278 g/mol. The Morgan fingerprint density at radius 3 is 2.17 bits per heavy atom. The highest BCUT2D eigenvalue weighted by molar-refractivity contribution is 7.74. The van der Waals surface area contributed by atoms with E-state index in [0.717, 1.165) is 0 Å². The summed E-state index contributed by atoms with van der Waals surface area (Å²) >= 11 is 0. The summed E-state index contributed by atoms with van der Waals surface area (Å²) in [5.74, 6) is -0.753. The Bertz CT molecular complexity index is 368. The summed E-state index contributed by atoms with van der Waals surface area (Å²) in [6.45, 7) is 4.93. The number of Topliss-reactive ketones (excluding diaryl/α,β-unsaturated/α-hetero) is 1. The summed E-state index contributed by atoms with van der Waals surface area (Å²) in [5, 5.41) is 9.37. The molecule has 0 aromatic rings. The molecule has 0 bridgehead atoms. The lowest BCUT2D eigenvalue weighted by Crippen LogP contribution is -2.23. The molecule has 0 aliphatic heterocycles. The van der Waals surface area contributed by atoms with E-state index in [1.54, 1.807) is 20.8 Å². The van der Waals surface area contributed by atoms with Crippen LogP contribution in [0.3, 0.4) is 0 Å². The van der Waals surface area contributed by atoms with Gasteiger partial charge in [-0.1, -0.05) is 6.92 Å². The van der Waals surface area contributed by atoms with Gasteiger partial charge in [-0.25, -0.2) is 4.57 Å². The minimum absolute atomic E-state index is 0.0416. The van der Waals surface area contributed by atoms with Crippen molar-refractivity contribution in [2.45, 2.75) is 39.7 Å². The van der Waals surface area contributed by atoms with E-state index in [-0.39, 0.29) is 19.6 Å². The Kier molecular flexibility index (Phi) is 7.91. The van der Waals surface area contributed by atoms with E-state index in [1.165, 1.54) is 0 Å². The van der Waals surface area contributed by atoms with Crippen LogP contribution in [0.4, 0.5) is 0 Å². The van der Waals surface area contributed by atoms with Gasteiger partial charge >= 0.3 is 13.0 Å². The highest BCUT2D eigenvalue weighted by atomic mass is 31.2. The minimum Gasteiger partial charge on any atom is -0.393 e. The van der Waals surface area contributed by atoms with Gasteiger partial charge in [0, 0.05) is 6.42 Å². The molecule has 0 heterocycles. The highest BCUT2D eigenvalue weighted by Crippen LogP contribution is 2.49. The number of aliphatic hydroxyl groups is 1. The van der Waals surface area contributed by atoms with E-state index < -0.39 is 24.9 Å². The maximum absolute atomic E-state index is 12.2. The molecule has 0 saturated carbocycles. The summed E-state index contributed by atoms with van der Waals surface area (Å²) in [5.41, 5.74) is 8.16. The van der Waals surface area contributed by atoms with E-state index in [2.05, 4.69) is 4.79 Å². The highest BCUT2D eigenvalue weighted by Gasteiger charge is 2.45. The molecule has 0 saturated heterocycles. The number of nitrogens with zero attached hydrogens (tertiary/aromatic N) is 2. The number of ketones is 1. The first-order valence-corrected chi connectivity index (χ1v) is 7.32. The van der Waals surface area contributed by atoms with Gasteiger partial charge in [-0.3, -0.25) is 4.79 Å². The molecule has 0 aromatic carbocycles. The van der Waals surface area contributed by atoms with E-state index in [1.807, 2.05) is 0 Å². The van der Waals surface area contributed by atoms with Crippen LogP contribution in [-0.2, 0) is 18.4 Å². The van der Waals surface area contributed by atoms with E-state index in [9.17, 15) is 14.5 Å². The number of carbonyl (C=O) groups excluding carboxylic acids is 1. The van der Waals surface area contributed by atoms with Crippen molar-refractivity contribution in [2.75, 3.05) is 13.2 Å². The average molecular weight is 278 g/mol. The molecule has 0 aromatic heterocycles. The second-order valence-electron chi connectivity index (χ2n) is 3.45. The second-order valence-corrected chi connectivity index (χ2v) is 5.38. The smallest absolute Gasteiger partial charge is 0.393 e. The molecular formula is C10H19N2O5P. The fourth-order valence-corrected chi connectivity index (χ4v) is 2.72. The summed E-state index contributed by atoms with van der Waals surface area (Å²) in [6, 6.07) is 0. The van der Waals surface area contributed by atoms with Crippen LogP contribution in [0.5, 0.6) is 0 Å². The molecule has 0 radical (unpaired) electrons. The van der Waals surface area contributed by atoms with Crippen molar-refractivity contribution in [2.24, 2.45) is 0 Å². The first kappa shape index (κ1) is 17.2. The molecule has 0 rings (SSSR count). The lowest BCUT2D eigenvalue weighted by Gasteiger charge is -2.12. The molecule has 7 nitrogen and oxygen atoms in total. The van der Waals surface area contributed by atoms with Crippen molar-refractivity contribution >= 4 is 18.8 Å². The lowest BCUT2D eigenvalue weighted by atomic mass is 10.1. The van der Waals surface area contributed by atoms with Crippen LogP contribution >= 0.6 is 7.60 Å². The molecular weight excluding hydrogens is 259 g/mol. The Labute approximate surface area is 106 Å². The van der Waals surface area contributed by atoms with Gasteiger partial charge in [0.25, 0.3) is 5.78 Å². The second kappa shape index (κ2) is 8.29. The van der Waals surface area contributed by atoms with Gasteiger partial charge in [-0.15, -0.1) is 0 Å². The molecule has 0 fully saturated rings. The van der Waals surface area contributed by atoms with Gasteiger partial charge < -0.3 is 19.7 Å². The summed E-state index contributed by atoms with van der Waals surface area (Å²) in [6.07, 6.45) is -0.816. The predicted molar refractivity (Wildman–Crippen MR) is 65.4 cm³/mol. The van der Waals surface area contributed by atoms with Crippen LogP contribution in [0.2, 0.25) is 0 Å². The summed E-state index contributed by atoms with van der Waals surface area (Å²) in [7, 11) is -3.91. The fraction of sp³-hybridized carbons (Fsp3) is 0.800. The fourth-order valence-electron chi connectivity index (χ4n) is 1.21. The van der Waals surface area contributed by atoms with Crippen LogP contribution in [0.15, 0.2) is 0 Å². The summed E-state index contributed by atoms with van der Waals surface area (Å²) < 4.78 is 22.0. The zero-order valence-electron chi connectivity index (χ0n) is 10.8. The maximum Gasteiger partial charge on any atom is 0.446 e. The molecule has 18 heavy (non-hydrogen) atoms. The standard InChI is InChI=1S/C10H19N2O5P/c1-4-8(13)7-9(14)10(12-11)18(15,16-5-2)17-6-3/h8,13H,4-7H2,1-3H3. The van der Waals surface area contributed by atoms with Gasteiger partial charge in [-0.05, 0) is 20.3 Å². The van der Waals surface area contributed by atoms with Crippen LogP contribution in [0.25, 0.3) is 5.53 Å². The molecule has 104 valence electrons. The molecule has 0 aliphatic rings. The van der Waals surface area contributed by atoms with Crippen molar-refractivity contribution in [1.29, 1.82) is 0 Å².